The Labute approximate surface area is 177 Å². The summed E-state index contributed by atoms with van der Waals surface area (Å²) in [6, 6.07) is 1.13. The monoisotopic (exact) mass is 402 g/mol. The van der Waals surface area contributed by atoms with Crippen molar-refractivity contribution in [3.8, 4) is 0 Å². The smallest absolute Gasteiger partial charge is 0.191 e. The molecule has 5 fully saturated rings. The Morgan fingerprint density at radius 2 is 1.72 bits per heavy atom. The fourth-order valence-corrected chi connectivity index (χ4v) is 7.41. The van der Waals surface area contributed by atoms with Gasteiger partial charge in [0.05, 0.1) is 6.10 Å². The Hall–Kier alpha value is -0.810. The first-order valence-corrected chi connectivity index (χ1v) is 12.6. The van der Waals surface area contributed by atoms with Gasteiger partial charge in [0.2, 0.25) is 0 Å². The fourth-order valence-electron chi connectivity index (χ4n) is 7.41. The van der Waals surface area contributed by atoms with E-state index in [1.165, 1.54) is 96.7 Å². The number of fused-ring (bicyclic) bond motifs is 2. The Morgan fingerprint density at radius 1 is 0.966 bits per heavy atom. The van der Waals surface area contributed by atoms with Gasteiger partial charge in [0, 0.05) is 56.7 Å². The second-order valence-corrected chi connectivity index (χ2v) is 10.6. The van der Waals surface area contributed by atoms with E-state index in [4.69, 9.17) is 4.74 Å². The third-order valence-corrected chi connectivity index (χ3v) is 8.97. The second kappa shape index (κ2) is 8.74. The van der Waals surface area contributed by atoms with Crippen LogP contribution in [0.25, 0.3) is 0 Å². The number of guanidine groups is 1. The summed E-state index contributed by atoms with van der Waals surface area (Å²) in [6.07, 6.45) is 17.0. The third-order valence-electron chi connectivity index (χ3n) is 8.97. The zero-order valence-electron chi connectivity index (χ0n) is 18.5. The highest BCUT2D eigenvalue weighted by molar-refractivity contribution is 5.80. The van der Waals surface area contributed by atoms with E-state index in [0.717, 1.165) is 18.5 Å². The molecule has 2 saturated heterocycles. The van der Waals surface area contributed by atoms with Crippen LogP contribution in [0.4, 0.5) is 0 Å². The summed E-state index contributed by atoms with van der Waals surface area (Å²) in [7, 11) is 1.94. The van der Waals surface area contributed by atoms with Crippen LogP contribution in [0.3, 0.4) is 0 Å². The minimum atomic E-state index is 0.391. The van der Waals surface area contributed by atoms with E-state index in [-0.39, 0.29) is 0 Å². The average Bonchev–Trinajstić information content (AvgIpc) is 3.42. The topological polar surface area (TPSA) is 48.9 Å². The van der Waals surface area contributed by atoms with Crippen LogP contribution in [0, 0.1) is 17.3 Å². The van der Waals surface area contributed by atoms with Crippen LogP contribution < -0.4 is 10.6 Å². The quantitative estimate of drug-likeness (QED) is 0.558. The molecule has 2 aliphatic heterocycles. The van der Waals surface area contributed by atoms with Crippen molar-refractivity contribution in [1.29, 1.82) is 0 Å². The lowest BCUT2D eigenvalue weighted by atomic mass is 9.54. The van der Waals surface area contributed by atoms with E-state index < -0.39 is 0 Å². The molecule has 2 heterocycles. The first kappa shape index (κ1) is 20.1. The van der Waals surface area contributed by atoms with Crippen LogP contribution in [0.2, 0.25) is 0 Å². The molecule has 0 bridgehead atoms. The summed E-state index contributed by atoms with van der Waals surface area (Å²) in [5.41, 5.74) is 0.391. The lowest BCUT2D eigenvalue weighted by Crippen LogP contribution is -2.69. The minimum Gasteiger partial charge on any atom is -0.377 e. The molecule has 164 valence electrons. The number of hydrogen-bond donors (Lipinski definition) is 2. The van der Waals surface area contributed by atoms with E-state index in [0.29, 0.717) is 29.5 Å². The molecule has 3 unspecified atom stereocenters. The Kier molecular flexibility index (Phi) is 6.06. The molecule has 0 aromatic rings. The number of aliphatic imine (C=N–C) groups is 1. The van der Waals surface area contributed by atoms with Crippen LogP contribution in [-0.4, -0.2) is 62.3 Å². The van der Waals surface area contributed by atoms with Crippen molar-refractivity contribution in [3.63, 3.8) is 0 Å². The summed E-state index contributed by atoms with van der Waals surface area (Å²) in [4.78, 5) is 7.35. The lowest BCUT2D eigenvalue weighted by Gasteiger charge is -2.57. The molecular weight excluding hydrogens is 360 g/mol. The van der Waals surface area contributed by atoms with Gasteiger partial charge in [0.25, 0.3) is 0 Å². The largest absolute Gasteiger partial charge is 0.377 e. The summed E-state index contributed by atoms with van der Waals surface area (Å²) < 4.78 is 6.15. The molecule has 5 heteroatoms. The van der Waals surface area contributed by atoms with E-state index in [1.54, 1.807) is 0 Å². The molecule has 0 radical (unpaired) electrons. The van der Waals surface area contributed by atoms with Crippen LogP contribution in [0.5, 0.6) is 0 Å². The number of nitrogens with one attached hydrogen (secondary N) is 2. The van der Waals surface area contributed by atoms with E-state index in [1.807, 2.05) is 7.05 Å². The van der Waals surface area contributed by atoms with E-state index in [2.05, 4.69) is 20.5 Å². The van der Waals surface area contributed by atoms with Gasteiger partial charge in [-0.05, 0) is 50.9 Å². The van der Waals surface area contributed by atoms with Crippen molar-refractivity contribution in [2.24, 2.45) is 22.2 Å². The van der Waals surface area contributed by atoms with Crippen molar-refractivity contribution >= 4 is 5.96 Å². The number of likely N-dealkylation sites (tertiary alicyclic amines) is 1. The fraction of sp³-hybridized carbons (Fsp3) is 0.958. The molecule has 29 heavy (non-hydrogen) atoms. The first-order valence-electron chi connectivity index (χ1n) is 12.6. The average molecular weight is 403 g/mol. The maximum Gasteiger partial charge on any atom is 0.191 e. The molecule has 3 atom stereocenters. The Morgan fingerprint density at radius 3 is 2.45 bits per heavy atom. The maximum absolute atomic E-state index is 6.15. The van der Waals surface area contributed by atoms with Gasteiger partial charge >= 0.3 is 0 Å². The van der Waals surface area contributed by atoms with Crippen molar-refractivity contribution in [1.82, 2.24) is 15.5 Å². The van der Waals surface area contributed by atoms with Crippen molar-refractivity contribution in [2.75, 3.05) is 33.3 Å². The molecule has 0 aromatic carbocycles. The second-order valence-electron chi connectivity index (χ2n) is 10.6. The molecule has 0 aromatic heterocycles. The predicted molar refractivity (Wildman–Crippen MR) is 118 cm³/mol. The van der Waals surface area contributed by atoms with Crippen molar-refractivity contribution in [2.45, 2.75) is 95.2 Å². The number of hydrogen-bond acceptors (Lipinski definition) is 3. The zero-order chi connectivity index (χ0) is 19.7. The number of rotatable bonds is 4. The van der Waals surface area contributed by atoms with Gasteiger partial charge in [0.15, 0.2) is 5.96 Å². The van der Waals surface area contributed by atoms with Gasteiger partial charge in [-0.1, -0.05) is 32.1 Å². The summed E-state index contributed by atoms with van der Waals surface area (Å²) >= 11 is 0. The molecule has 5 nitrogen and oxygen atoms in total. The molecular formula is C24H42N4O. The van der Waals surface area contributed by atoms with Crippen molar-refractivity contribution in [3.05, 3.63) is 0 Å². The number of nitrogens with zero attached hydrogens (tertiary/aromatic N) is 2. The van der Waals surface area contributed by atoms with Gasteiger partial charge in [0.1, 0.15) is 0 Å². The Balaban J connectivity index is 1.11. The summed E-state index contributed by atoms with van der Waals surface area (Å²) in [5.74, 6) is 2.70. The molecule has 1 spiro atoms. The van der Waals surface area contributed by atoms with Gasteiger partial charge in [-0.3, -0.25) is 4.99 Å². The normalized spacial score (nSPS) is 36.2. The maximum atomic E-state index is 6.15. The molecule has 5 aliphatic rings. The van der Waals surface area contributed by atoms with E-state index >= 15 is 0 Å². The van der Waals surface area contributed by atoms with Gasteiger partial charge in [-0.15, -0.1) is 0 Å². The van der Waals surface area contributed by atoms with Crippen molar-refractivity contribution < 1.29 is 4.74 Å². The first-order chi connectivity index (χ1) is 14.3. The van der Waals surface area contributed by atoms with Gasteiger partial charge in [-0.25, -0.2) is 0 Å². The summed E-state index contributed by atoms with van der Waals surface area (Å²) in [5, 5.41) is 7.66. The number of piperidine rings is 1. The SMILES string of the molecule is CN=C(NC1CCN(CC2CCCCC2)CC1)NC1C2CCOC2C12CCCC2. The molecule has 5 rings (SSSR count). The lowest BCUT2D eigenvalue weighted by molar-refractivity contribution is -0.125. The van der Waals surface area contributed by atoms with Gasteiger partial charge in [-0.2, -0.15) is 0 Å². The van der Waals surface area contributed by atoms with Crippen LogP contribution in [0.1, 0.15) is 77.0 Å². The standard InChI is InChI=1S/C24H42N4O/c1-25-23(27-21-20-11-16-29-22(20)24(21)12-5-6-13-24)26-19-9-14-28(15-10-19)17-18-7-3-2-4-8-18/h18-22H,2-17H2,1H3,(H2,25,26,27). The van der Waals surface area contributed by atoms with Gasteiger partial charge < -0.3 is 20.3 Å². The third kappa shape index (κ3) is 3.94. The molecule has 0 amide bonds. The highest BCUT2D eigenvalue weighted by Gasteiger charge is 2.65. The highest BCUT2D eigenvalue weighted by Crippen LogP contribution is 2.60. The zero-order valence-corrected chi connectivity index (χ0v) is 18.5. The molecule has 3 aliphatic carbocycles. The van der Waals surface area contributed by atoms with Crippen LogP contribution in [-0.2, 0) is 4.74 Å². The van der Waals surface area contributed by atoms with Crippen LogP contribution in [0.15, 0.2) is 4.99 Å². The molecule has 3 saturated carbocycles. The summed E-state index contributed by atoms with van der Waals surface area (Å²) in [6.45, 7) is 4.79. The van der Waals surface area contributed by atoms with Crippen LogP contribution >= 0.6 is 0 Å². The number of ether oxygens (including phenoxy) is 1. The molecule has 2 N–H and O–H groups in total. The predicted octanol–water partition coefficient (Wildman–Crippen LogP) is 3.54. The van der Waals surface area contributed by atoms with E-state index in [9.17, 15) is 0 Å². The minimum absolute atomic E-state index is 0.391. The highest BCUT2D eigenvalue weighted by atomic mass is 16.5. The Bertz CT molecular complexity index is 573.